The summed E-state index contributed by atoms with van der Waals surface area (Å²) in [6.45, 7) is 4.15. The zero-order valence-corrected chi connectivity index (χ0v) is 13.8. The van der Waals surface area contributed by atoms with Gasteiger partial charge < -0.3 is 14.2 Å². The Morgan fingerprint density at radius 1 is 1.35 bits per heavy atom. The fourth-order valence-corrected chi connectivity index (χ4v) is 2.59. The minimum atomic E-state index is -0.674. The average Bonchev–Trinajstić information content (AvgIpc) is 2.57. The molecule has 0 amide bonds. The van der Waals surface area contributed by atoms with Crippen molar-refractivity contribution >= 4 is 11.8 Å². The van der Waals surface area contributed by atoms with Crippen LogP contribution < -0.4 is 9.47 Å². The molecule has 0 aromatic heterocycles. The number of piperidine rings is 1. The highest BCUT2D eigenvalue weighted by molar-refractivity contribution is 5.99. The molecule has 1 aliphatic heterocycles. The van der Waals surface area contributed by atoms with Crippen LogP contribution in [0.15, 0.2) is 18.2 Å². The molecule has 0 radical (unpaired) electrons. The van der Waals surface area contributed by atoms with Gasteiger partial charge in [-0.15, -0.1) is 0 Å². The number of esters is 1. The summed E-state index contributed by atoms with van der Waals surface area (Å²) in [5, 5.41) is 0. The number of carbonyl (C=O) groups excluding carboxylic acids is 2. The van der Waals surface area contributed by atoms with Gasteiger partial charge in [-0.2, -0.15) is 0 Å². The van der Waals surface area contributed by atoms with Crippen LogP contribution in [0.25, 0.3) is 0 Å². The van der Waals surface area contributed by atoms with E-state index in [1.165, 1.54) is 7.11 Å². The number of benzene rings is 1. The van der Waals surface area contributed by atoms with Gasteiger partial charge in [-0.25, -0.2) is 0 Å². The molecule has 126 valence electrons. The zero-order chi connectivity index (χ0) is 16.8. The predicted molar refractivity (Wildman–Crippen MR) is 84.8 cm³/mol. The Bertz CT molecular complexity index is 564. The van der Waals surface area contributed by atoms with E-state index in [-0.39, 0.29) is 5.78 Å². The van der Waals surface area contributed by atoms with E-state index in [1.807, 2.05) is 25.1 Å². The van der Waals surface area contributed by atoms with Crippen molar-refractivity contribution in [3.63, 3.8) is 0 Å². The largest absolute Gasteiger partial charge is 0.497 e. The summed E-state index contributed by atoms with van der Waals surface area (Å²) in [4.78, 5) is 25.5. The van der Waals surface area contributed by atoms with Gasteiger partial charge in [-0.05, 0) is 18.6 Å². The summed E-state index contributed by atoms with van der Waals surface area (Å²) in [5.41, 5.74) is 1.03. The van der Waals surface area contributed by atoms with Gasteiger partial charge in [0.05, 0.1) is 14.2 Å². The first-order chi connectivity index (χ1) is 11.0. The number of methoxy groups -OCH3 is 2. The molecule has 0 bridgehead atoms. The Labute approximate surface area is 136 Å². The van der Waals surface area contributed by atoms with Gasteiger partial charge in [0.2, 0.25) is 0 Å². The first-order valence-electron chi connectivity index (χ1n) is 7.65. The van der Waals surface area contributed by atoms with Gasteiger partial charge in [0.25, 0.3) is 0 Å². The van der Waals surface area contributed by atoms with Gasteiger partial charge in [0.1, 0.15) is 29.8 Å². The van der Waals surface area contributed by atoms with Crippen molar-refractivity contribution in [3.8, 4) is 11.5 Å². The van der Waals surface area contributed by atoms with Crippen molar-refractivity contribution in [2.75, 3.05) is 40.5 Å². The standard InChI is InChI=1S/C17H23NO5/c1-12-4-5-13(21-2)10-16(12)23-9-8-18-7-6-15(19)14(11-18)17(20)22-3/h4-5,10,14H,6-9,11H2,1-3H3. The third kappa shape index (κ3) is 4.45. The van der Waals surface area contributed by atoms with Crippen molar-refractivity contribution in [2.24, 2.45) is 5.92 Å². The van der Waals surface area contributed by atoms with E-state index in [1.54, 1.807) is 7.11 Å². The molecule has 1 fully saturated rings. The second-order valence-electron chi connectivity index (χ2n) is 5.57. The molecule has 0 spiro atoms. The summed E-state index contributed by atoms with van der Waals surface area (Å²) in [6.07, 6.45) is 0.373. The Hall–Kier alpha value is -2.08. The molecule has 2 rings (SSSR count). The summed E-state index contributed by atoms with van der Waals surface area (Å²) < 4.78 is 15.7. The van der Waals surface area contributed by atoms with Crippen LogP contribution in [0.2, 0.25) is 0 Å². The summed E-state index contributed by atoms with van der Waals surface area (Å²) in [5.74, 6) is 0.358. The Morgan fingerprint density at radius 3 is 2.83 bits per heavy atom. The molecule has 6 nitrogen and oxygen atoms in total. The van der Waals surface area contributed by atoms with E-state index in [0.717, 1.165) is 17.1 Å². The topological polar surface area (TPSA) is 65.1 Å². The van der Waals surface area contributed by atoms with Crippen LogP contribution in [0.3, 0.4) is 0 Å². The molecule has 1 atom stereocenters. The number of Topliss-reactive ketones (excluding diaryl/α,β-unsaturated/α-hetero) is 1. The number of hydrogen-bond donors (Lipinski definition) is 0. The molecule has 0 aliphatic carbocycles. The van der Waals surface area contributed by atoms with Gasteiger partial charge in [0.15, 0.2) is 0 Å². The molecule has 0 saturated carbocycles. The Balaban J connectivity index is 1.86. The van der Waals surface area contributed by atoms with E-state index in [0.29, 0.717) is 32.7 Å². The van der Waals surface area contributed by atoms with Gasteiger partial charge in [-0.3, -0.25) is 14.5 Å². The first kappa shape index (κ1) is 17.3. The van der Waals surface area contributed by atoms with Crippen LogP contribution >= 0.6 is 0 Å². The van der Waals surface area contributed by atoms with Crippen molar-refractivity contribution in [3.05, 3.63) is 23.8 Å². The highest BCUT2D eigenvalue weighted by Crippen LogP contribution is 2.24. The number of nitrogens with zero attached hydrogens (tertiary/aromatic N) is 1. The molecule has 23 heavy (non-hydrogen) atoms. The summed E-state index contributed by atoms with van der Waals surface area (Å²) in [6, 6.07) is 5.69. The van der Waals surface area contributed by atoms with Crippen LogP contribution in [0, 0.1) is 12.8 Å². The normalized spacial score (nSPS) is 18.6. The molecule has 0 N–H and O–H groups in total. The molecule has 1 unspecified atom stereocenters. The van der Waals surface area contributed by atoms with Gasteiger partial charge in [-0.1, -0.05) is 6.07 Å². The fraction of sp³-hybridized carbons (Fsp3) is 0.529. The molecule has 1 saturated heterocycles. The third-order valence-corrected chi connectivity index (χ3v) is 4.05. The molecule has 1 aromatic rings. The summed E-state index contributed by atoms with van der Waals surface area (Å²) in [7, 11) is 2.93. The number of likely N-dealkylation sites (tertiary alicyclic amines) is 1. The highest BCUT2D eigenvalue weighted by atomic mass is 16.5. The zero-order valence-electron chi connectivity index (χ0n) is 13.8. The third-order valence-electron chi connectivity index (χ3n) is 4.05. The maximum absolute atomic E-state index is 11.8. The van der Waals surface area contributed by atoms with Crippen molar-refractivity contribution in [1.82, 2.24) is 4.90 Å². The molecular formula is C17H23NO5. The number of carbonyl (C=O) groups is 2. The lowest BCUT2D eigenvalue weighted by molar-refractivity contribution is -0.151. The van der Waals surface area contributed by atoms with Crippen LogP contribution in [0.5, 0.6) is 11.5 Å². The number of rotatable bonds is 6. The number of aryl methyl sites for hydroxylation is 1. The first-order valence-corrected chi connectivity index (χ1v) is 7.65. The molecule has 1 heterocycles. The smallest absolute Gasteiger partial charge is 0.317 e. The van der Waals surface area contributed by atoms with E-state index in [2.05, 4.69) is 4.90 Å². The lowest BCUT2D eigenvalue weighted by atomic mass is 9.97. The highest BCUT2D eigenvalue weighted by Gasteiger charge is 2.33. The van der Waals surface area contributed by atoms with Crippen LogP contribution in [0.4, 0.5) is 0 Å². The van der Waals surface area contributed by atoms with Crippen molar-refractivity contribution < 1.29 is 23.8 Å². The van der Waals surface area contributed by atoms with Crippen LogP contribution in [0.1, 0.15) is 12.0 Å². The Morgan fingerprint density at radius 2 is 2.13 bits per heavy atom. The number of ketones is 1. The molecular weight excluding hydrogens is 298 g/mol. The van der Waals surface area contributed by atoms with Crippen molar-refractivity contribution in [1.29, 1.82) is 0 Å². The lowest BCUT2D eigenvalue weighted by Gasteiger charge is -2.30. The SMILES string of the molecule is COC(=O)C1CN(CCOc2cc(OC)ccc2C)CCC1=O. The van der Waals surface area contributed by atoms with Crippen LogP contribution in [-0.2, 0) is 14.3 Å². The Kier molecular flexibility index (Phi) is 5.98. The maximum atomic E-state index is 11.8. The van der Waals surface area contributed by atoms with E-state index >= 15 is 0 Å². The van der Waals surface area contributed by atoms with Crippen LogP contribution in [-0.4, -0.2) is 57.1 Å². The molecule has 1 aromatic carbocycles. The van der Waals surface area contributed by atoms with E-state index in [9.17, 15) is 9.59 Å². The minimum absolute atomic E-state index is 0.0438. The number of ether oxygens (including phenoxy) is 3. The lowest BCUT2D eigenvalue weighted by Crippen LogP contribution is -2.45. The second kappa shape index (κ2) is 7.97. The monoisotopic (exact) mass is 321 g/mol. The predicted octanol–water partition coefficient (Wildman–Crippen LogP) is 1.45. The summed E-state index contributed by atoms with van der Waals surface area (Å²) >= 11 is 0. The van der Waals surface area contributed by atoms with Gasteiger partial charge >= 0.3 is 5.97 Å². The van der Waals surface area contributed by atoms with Crippen molar-refractivity contribution in [2.45, 2.75) is 13.3 Å². The van der Waals surface area contributed by atoms with E-state index < -0.39 is 11.9 Å². The molecule has 1 aliphatic rings. The molecule has 6 heteroatoms. The average molecular weight is 321 g/mol. The maximum Gasteiger partial charge on any atom is 0.317 e. The fourth-order valence-electron chi connectivity index (χ4n) is 2.59. The number of hydrogen-bond acceptors (Lipinski definition) is 6. The van der Waals surface area contributed by atoms with Gasteiger partial charge in [0, 0.05) is 32.1 Å². The second-order valence-corrected chi connectivity index (χ2v) is 5.57. The minimum Gasteiger partial charge on any atom is -0.497 e. The van der Waals surface area contributed by atoms with E-state index in [4.69, 9.17) is 14.2 Å². The quantitative estimate of drug-likeness (QED) is 0.584.